The van der Waals surface area contributed by atoms with Crippen LogP contribution in [0.15, 0.2) is 53.2 Å². The van der Waals surface area contributed by atoms with E-state index < -0.39 is 51.1 Å². The van der Waals surface area contributed by atoms with E-state index in [0.29, 0.717) is 23.1 Å². The zero-order valence-electron chi connectivity index (χ0n) is 24.7. The van der Waals surface area contributed by atoms with Crippen LogP contribution >= 0.6 is 0 Å². The third-order valence-electron chi connectivity index (χ3n) is 6.55. The van der Waals surface area contributed by atoms with Crippen molar-refractivity contribution in [1.29, 1.82) is 0 Å². The van der Waals surface area contributed by atoms with Gasteiger partial charge in [0, 0.05) is 39.7 Å². The van der Waals surface area contributed by atoms with Crippen LogP contribution in [0.3, 0.4) is 0 Å². The van der Waals surface area contributed by atoms with Crippen molar-refractivity contribution in [1.82, 2.24) is 25.5 Å². The molecule has 234 valence electrons. The molecule has 1 aromatic carbocycles. The number of fused-ring (bicyclic) bond motifs is 1. The van der Waals surface area contributed by atoms with E-state index in [-0.39, 0.29) is 38.6 Å². The highest BCUT2D eigenvalue weighted by Gasteiger charge is 2.33. The number of sulfone groups is 1. The molecule has 3 amide bonds. The number of nitrogens with one attached hydrogen (secondary N) is 2. The molecule has 3 aromatic rings. The number of amides is 3. The van der Waals surface area contributed by atoms with Gasteiger partial charge in [0.1, 0.15) is 11.6 Å². The van der Waals surface area contributed by atoms with Gasteiger partial charge in [-0.15, -0.1) is 0 Å². The second kappa shape index (κ2) is 16.7. The first-order valence-corrected chi connectivity index (χ1v) is 15.8. The Morgan fingerprint density at radius 2 is 1.72 bits per heavy atom. The quantitative estimate of drug-likeness (QED) is 0.202. The van der Waals surface area contributed by atoms with Crippen LogP contribution < -0.4 is 10.6 Å². The van der Waals surface area contributed by atoms with Crippen LogP contribution in [0, 0.1) is 0 Å². The molecule has 2 N–H and O–H groups in total. The predicted molar refractivity (Wildman–Crippen MR) is 159 cm³/mol. The number of unbranched alkanes of at least 4 members (excludes halogenated alkanes) is 1. The molecular formula is C29H39N5O8S. The highest BCUT2D eigenvalue weighted by atomic mass is 32.2. The van der Waals surface area contributed by atoms with Gasteiger partial charge in [-0.2, -0.15) is 0 Å². The minimum Gasteiger partial charge on any atom is -0.434 e. The number of Topliss-reactive ketones (excluding diaryl/α,β-unsaturated/α-hetero) is 1. The molecule has 2 heterocycles. The van der Waals surface area contributed by atoms with Crippen molar-refractivity contribution in [3.63, 3.8) is 0 Å². The fraction of sp³-hybridized carbons (Fsp3) is 0.483. The minimum absolute atomic E-state index is 0.169. The van der Waals surface area contributed by atoms with Crippen LogP contribution in [-0.4, -0.2) is 99.4 Å². The lowest BCUT2D eigenvalue weighted by molar-refractivity contribution is -0.123. The highest BCUT2D eigenvalue weighted by molar-refractivity contribution is 7.90. The van der Waals surface area contributed by atoms with Gasteiger partial charge in [-0.25, -0.2) is 18.2 Å². The Morgan fingerprint density at radius 3 is 2.35 bits per heavy atom. The normalized spacial score (nSPS) is 12.9. The summed E-state index contributed by atoms with van der Waals surface area (Å²) in [5.74, 6) is -2.65. The molecule has 0 saturated heterocycles. The Bertz CT molecular complexity index is 1410. The van der Waals surface area contributed by atoms with Crippen LogP contribution in [0.25, 0.3) is 11.1 Å². The molecule has 3 rings (SSSR count). The van der Waals surface area contributed by atoms with Gasteiger partial charge >= 0.3 is 6.03 Å². The number of oxazole rings is 1. The number of hydrogen-bond donors (Lipinski definition) is 2. The average Bonchev–Trinajstić information content (AvgIpc) is 3.43. The zero-order valence-corrected chi connectivity index (χ0v) is 25.5. The molecule has 2 atom stereocenters. The Labute approximate surface area is 251 Å². The molecule has 0 fully saturated rings. The van der Waals surface area contributed by atoms with Gasteiger partial charge in [0.15, 0.2) is 15.4 Å². The molecule has 2 unspecified atom stereocenters. The summed E-state index contributed by atoms with van der Waals surface area (Å²) in [4.78, 5) is 49.9. The molecule has 0 aliphatic heterocycles. The molecule has 0 radical (unpaired) electrons. The van der Waals surface area contributed by atoms with E-state index in [1.807, 2.05) is 6.92 Å². The van der Waals surface area contributed by atoms with E-state index in [1.165, 1.54) is 31.5 Å². The molecule has 14 heteroatoms. The average molecular weight is 618 g/mol. The zero-order chi connectivity index (χ0) is 31.2. The van der Waals surface area contributed by atoms with Gasteiger partial charge in [0.25, 0.3) is 5.89 Å². The molecular weight excluding hydrogens is 578 g/mol. The number of pyridine rings is 1. The number of benzene rings is 1. The van der Waals surface area contributed by atoms with Crippen LogP contribution in [0.2, 0.25) is 0 Å². The Balaban J connectivity index is 1.86. The van der Waals surface area contributed by atoms with Crippen molar-refractivity contribution >= 4 is 38.7 Å². The third-order valence-corrected chi connectivity index (χ3v) is 8.16. The molecule has 0 aliphatic rings. The van der Waals surface area contributed by atoms with Crippen molar-refractivity contribution in [2.75, 3.05) is 46.3 Å². The summed E-state index contributed by atoms with van der Waals surface area (Å²) >= 11 is 0. The summed E-state index contributed by atoms with van der Waals surface area (Å²) in [6, 6.07) is 6.86. The first kappa shape index (κ1) is 33.6. The number of ketones is 1. The second-order valence-corrected chi connectivity index (χ2v) is 12.1. The minimum atomic E-state index is -3.93. The molecule has 0 bridgehead atoms. The van der Waals surface area contributed by atoms with E-state index in [0.717, 1.165) is 6.42 Å². The van der Waals surface area contributed by atoms with Crippen molar-refractivity contribution < 1.29 is 36.7 Å². The molecule has 13 nitrogen and oxygen atoms in total. The highest BCUT2D eigenvalue weighted by Crippen LogP contribution is 2.18. The number of urea groups is 1. The molecule has 0 aliphatic carbocycles. The van der Waals surface area contributed by atoms with Crippen molar-refractivity contribution in [3.8, 4) is 0 Å². The number of ether oxygens (including phenoxy) is 2. The largest absolute Gasteiger partial charge is 0.434 e. The fourth-order valence-corrected chi connectivity index (χ4v) is 5.81. The maximum atomic E-state index is 13.7. The Kier molecular flexibility index (Phi) is 13.0. The van der Waals surface area contributed by atoms with Crippen LogP contribution in [0.5, 0.6) is 0 Å². The first-order chi connectivity index (χ1) is 20.7. The second-order valence-electron chi connectivity index (χ2n) is 9.94. The fourth-order valence-electron chi connectivity index (χ4n) is 4.27. The Morgan fingerprint density at radius 1 is 1.00 bits per heavy atom. The smallest absolute Gasteiger partial charge is 0.318 e. The maximum absolute atomic E-state index is 13.7. The van der Waals surface area contributed by atoms with Gasteiger partial charge in [0.2, 0.25) is 11.7 Å². The van der Waals surface area contributed by atoms with Crippen molar-refractivity contribution in [2.24, 2.45) is 0 Å². The molecule has 0 spiro atoms. The van der Waals surface area contributed by atoms with Crippen molar-refractivity contribution in [2.45, 2.75) is 44.0 Å². The predicted octanol–water partition coefficient (Wildman–Crippen LogP) is 2.37. The number of carbonyl (C=O) groups is 3. The molecule has 0 saturated carbocycles. The number of hydrogen-bond acceptors (Lipinski definition) is 10. The van der Waals surface area contributed by atoms with Gasteiger partial charge < -0.3 is 29.4 Å². The number of nitrogens with zero attached hydrogens (tertiary/aromatic N) is 3. The summed E-state index contributed by atoms with van der Waals surface area (Å²) < 4.78 is 42.2. The van der Waals surface area contributed by atoms with Gasteiger partial charge in [-0.05, 0) is 30.2 Å². The standard InChI is InChI=1S/C29H39N5O8S/c1-4-5-10-23(26(35)28-32-22-11-6-7-12-25(22)42-28)31-27(36)24(20-43(38,39)19-21-9-8-13-30-18-21)33-29(37)34(14-16-40-2)15-17-41-3/h6-9,11-13,18,23-24H,4-5,10,14-17,19-20H2,1-3H3,(H,31,36)(H,33,37). The van der Waals surface area contributed by atoms with E-state index in [1.54, 1.807) is 36.4 Å². The van der Waals surface area contributed by atoms with Crippen LogP contribution in [0.4, 0.5) is 4.79 Å². The first-order valence-electron chi connectivity index (χ1n) is 14.0. The van der Waals surface area contributed by atoms with Crippen LogP contribution in [-0.2, 0) is 29.9 Å². The monoisotopic (exact) mass is 617 g/mol. The molecule has 2 aromatic heterocycles. The van der Waals surface area contributed by atoms with E-state index >= 15 is 0 Å². The molecule has 43 heavy (non-hydrogen) atoms. The van der Waals surface area contributed by atoms with E-state index in [2.05, 4.69) is 20.6 Å². The number of methoxy groups -OCH3 is 2. The van der Waals surface area contributed by atoms with E-state index in [4.69, 9.17) is 13.9 Å². The van der Waals surface area contributed by atoms with Gasteiger partial charge in [0.05, 0.1) is 30.8 Å². The van der Waals surface area contributed by atoms with Crippen LogP contribution in [0.1, 0.15) is 42.4 Å². The summed E-state index contributed by atoms with van der Waals surface area (Å²) in [5, 5.41) is 5.22. The summed E-state index contributed by atoms with van der Waals surface area (Å²) in [7, 11) is -0.958. The summed E-state index contributed by atoms with van der Waals surface area (Å²) in [6.07, 6.45) is 4.53. The topological polar surface area (TPSA) is 170 Å². The number of aromatic nitrogens is 2. The summed E-state index contributed by atoms with van der Waals surface area (Å²) in [5.41, 5.74) is 1.34. The van der Waals surface area contributed by atoms with E-state index in [9.17, 15) is 22.8 Å². The lowest BCUT2D eigenvalue weighted by Gasteiger charge is -2.27. The lowest BCUT2D eigenvalue weighted by atomic mass is 10.0. The third kappa shape index (κ3) is 10.4. The lowest BCUT2D eigenvalue weighted by Crippen LogP contribution is -2.57. The number of para-hydroxylation sites is 2. The maximum Gasteiger partial charge on any atom is 0.318 e. The van der Waals surface area contributed by atoms with Crippen molar-refractivity contribution in [3.05, 3.63) is 60.2 Å². The summed E-state index contributed by atoms with van der Waals surface area (Å²) in [6.45, 7) is 2.72. The van der Waals surface area contributed by atoms with Gasteiger partial charge in [-0.1, -0.05) is 38.0 Å². The number of carbonyl (C=O) groups excluding carboxylic acids is 3. The number of rotatable bonds is 18. The Hall–Kier alpha value is -3.88. The van der Waals surface area contributed by atoms with Gasteiger partial charge in [-0.3, -0.25) is 14.6 Å². The SMILES string of the molecule is CCCCC(NC(=O)C(CS(=O)(=O)Cc1cccnc1)NC(=O)N(CCOC)CCOC)C(=O)c1nc2ccccc2o1.